The van der Waals surface area contributed by atoms with Crippen molar-refractivity contribution in [2.75, 3.05) is 24.4 Å². The molecule has 1 N–H and O–H groups in total. The number of ether oxygens (including phenoxy) is 1. The van der Waals surface area contributed by atoms with Gasteiger partial charge in [0.25, 0.3) is 5.91 Å². The Morgan fingerprint density at radius 1 is 0.964 bits per heavy atom. The highest BCUT2D eigenvalue weighted by Gasteiger charge is 2.11. The maximum Gasteiger partial charge on any atom is 0.337 e. The molecule has 7 heteroatoms. The lowest BCUT2D eigenvalue weighted by molar-refractivity contribution is 0.0600. The SMILES string of the molecule is COC(=O)c1ccc(NC(=O)c2ccc(N(C)Cc3ccccc3)nn2)cc1. The number of amides is 1. The van der Waals surface area contributed by atoms with Crippen LogP contribution in [0.2, 0.25) is 0 Å². The zero-order valence-electron chi connectivity index (χ0n) is 15.6. The maximum atomic E-state index is 12.3. The summed E-state index contributed by atoms with van der Waals surface area (Å²) in [5.74, 6) is -0.141. The van der Waals surface area contributed by atoms with E-state index in [1.807, 2.05) is 42.3 Å². The van der Waals surface area contributed by atoms with Crippen LogP contribution in [-0.2, 0) is 11.3 Å². The summed E-state index contributed by atoms with van der Waals surface area (Å²) in [6, 6.07) is 19.8. The molecule has 0 aliphatic carbocycles. The van der Waals surface area contributed by atoms with E-state index in [2.05, 4.69) is 20.3 Å². The van der Waals surface area contributed by atoms with E-state index in [4.69, 9.17) is 0 Å². The van der Waals surface area contributed by atoms with Crippen LogP contribution in [0, 0.1) is 0 Å². The number of benzene rings is 2. The van der Waals surface area contributed by atoms with Crippen LogP contribution in [0.15, 0.2) is 66.7 Å². The Bertz CT molecular complexity index is 942. The first kappa shape index (κ1) is 19.0. The zero-order valence-corrected chi connectivity index (χ0v) is 15.6. The Labute approximate surface area is 163 Å². The first-order chi connectivity index (χ1) is 13.6. The van der Waals surface area contributed by atoms with Crippen LogP contribution in [0.25, 0.3) is 0 Å². The topological polar surface area (TPSA) is 84.4 Å². The molecular weight excluding hydrogens is 356 g/mol. The Hall–Kier alpha value is -3.74. The zero-order chi connectivity index (χ0) is 19.9. The Kier molecular flexibility index (Phi) is 5.96. The first-order valence-electron chi connectivity index (χ1n) is 8.65. The molecule has 0 saturated carbocycles. The van der Waals surface area contributed by atoms with E-state index >= 15 is 0 Å². The fourth-order valence-corrected chi connectivity index (χ4v) is 2.59. The molecule has 1 amide bonds. The summed E-state index contributed by atoms with van der Waals surface area (Å²) in [5, 5.41) is 10.9. The second-order valence-corrected chi connectivity index (χ2v) is 6.14. The van der Waals surface area contributed by atoms with Gasteiger partial charge >= 0.3 is 5.97 Å². The number of nitrogens with zero attached hydrogens (tertiary/aromatic N) is 3. The molecule has 3 aromatic rings. The van der Waals surface area contributed by atoms with Crippen molar-refractivity contribution in [3.63, 3.8) is 0 Å². The molecule has 0 aliphatic heterocycles. The van der Waals surface area contributed by atoms with Crippen LogP contribution in [0.3, 0.4) is 0 Å². The van der Waals surface area contributed by atoms with Gasteiger partial charge in [0.2, 0.25) is 0 Å². The van der Waals surface area contributed by atoms with Crippen molar-refractivity contribution < 1.29 is 14.3 Å². The van der Waals surface area contributed by atoms with Crippen molar-refractivity contribution in [1.82, 2.24) is 10.2 Å². The van der Waals surface area contributed by atoms with E-state index in [1.54, 1.807) is 36.4 Å². The van der Waals surface area contributed by atoms with Crippen molar-refractivity contribution in [3.05, 3.63) is 83.6 Å². The molecule has 0 radical (unpaired) electrons. The molecule has 0 unspecified atom stereocenters. The minimum atomic E-state index is -0.432. The highest BCUT2D eigenvalue weighted by atomic mass is 16.5. The second-order valence-electron chi connectivity index (χ2n) is 6.14. The van der Waals surface area contributed by atoms with Crippen LogP contribution >= 0.6 is 0 Å². The number of nitrogens with one attached hydrogen (secondary N) is 1. The molecule has 0 fully saturated rings. The highest BCUT2D eigenvalue weighted by Crippen LogP contribution is 2.14. The molecule has 0 aliphatic rings. The summed E-state index contributed by atoms with van der Waals surface area (Å²) in [4.78, 5) is 25.7. The van der Waals surface area contributed by atoms with Gasteiger partial charge in [0.15, 0.2) is 11.5 Å². The molecule has 142 valence electrons. The van der Waals surface area contributed by atoms with Gasteiger partial charge in [-0.25, -0.2) is 4.79 Å². The molecule has 7 nitrogen and oxygen atoms in total. The molecule has 2 aromatic carbocycles. The second kappa shape index (κ2) is 8.77. The fraction of sp³-hybridized carbons (Fsp3) is 0.143. The number of aromatic nitrogens is 2. The molecule has 1 aromatic heterocycles. The maximum absolute atomic E-state index is 12.3. The Morgan fingerprint density at radius 3 is 2.29 bits per heavy atom. The summed E-state index contributed by atoms with van der Waals surface area (Å²) in [7, 11) is 3.23. The van der Waals surface area contributed by atoms with Crippen LogP contribution in [-0.4, -0.2) is 36.2 Å². The number of esters is 1. The van der Waals surface area contributed by atoms with E-state index < -0.39 is 5.97 Å². The standard InChI is InChI=1S/C21H20N4O3/c1-25(14-15-6-4-3-5-7-15)19-13-12-18(23-24-19)20(26)22-17-10-8-16(9-11-17)21(27)28-2/h3-13H,14H2,1-2H3,(H,22,26). The third kappa shape index (κ3) is 4.70. The minimum absolute atomic E-state index is 0.203. The van der Waals surface area contributed by atoms with Crippen LogP contribution in [0.5, 0.6) is 0 Å². The molecule has 1 heterocycles. The average Bonchev–Trinajstić information content (AvgIpc) is 2.74. The largest absolute Gasteiger partial charge is 0.465 e. The van der Waals surface area contributed by atoms with E-state index in [9.17, 15) is 9.59 Å². The van der Waals surface area contributed by atoms with Crippen LogP contribution < -0.4 is 10.2 Å². The van der Waals surface area contributed by atoms with E-state index in [1.165, 1.54) is 7.11 Å². The van der Waals surface area contributed by atoms with Gasteiger partial charge in [-0.2, -0.15) is 0 Å². The van der Waals surface area contributed by atoms with E-state index in [0.29, 0.717) is 23.6 Å². The minimum Gasteiger partial charge on any atom is -0.465 e. The first-order valence-corrected chi connectivity index (χ1v) is 8.65. The van der Waals surface area contributed by atoms with Gasteiger partial charge in [-0.1, -0.05) is 30.3 Å². The third-order valence-electron chi connectivity index (χ3n) is 4.10. The van der Waals surface area contributed by atoms with Gasteiger partial charge in [0.1, 0.15) is 0 Å². The fourth-order valence-electron chi connectivity index (χ4n) is 2.59. The molecule has 3 rings (SSSR count). The summed E-state index contributed by atoms with van der Waals surface area (Å²) in [6.45, 7) is 0.688. The van der Waals surface area contributed by atoms with Crippen molar-refractivity contribution in [2.24, 2.45) is 0 Å². The van der Waals surface area contributed by atoms with Crippen molar-refractivity contribution in [3.8, 4) is 0 Å². The number of hydrogen-bond donors (Lipinski definition) is 1. The van der Waals surface area contributed by atoms with Crippen LogP contribution in [0.4, 0.5) is 11.5 Å². The Morgan fingerprint density at radius 2 is 1.68 bits per heavy atom. The summed E-state index contributed by atoms with van der Waals surface area (Å²) >= 11 is 0. The van der Waals surface area contributed by atoms with Gasteiger partial charge in [-0.05, 0) is 42.0 Å². The quantitative estimate of drug-likeness (QED) is 0.665. The number of methoxy groups -OCH3 is 1. The summed E-state index contributed by atoms with van der Waals surface area (Å²) in [6.07, 6.45) is 0. The molecule has 0 spiro atoms. The smallest absolute Gasteiger partial charge is 0.337 e. The normalized spacial score (nSPS) is 10.2. The highest BCUT2D eigenvalue weighted by molar-refractivity contribution is 6.03. The van der Waals surface area contributed by atoms with Crippen LogP contribution in [0.1, 0.15) is 26.4 Å². The molecule has 0 atom stereocenters. The average molecular weight is 376 g/mol. The van der Waals surface area contributed by atoms with Gasteiger partial charge in [0, 0.05) is 19.3 Å². The molecular formula is C21H20N4O3. The number of carbonyl (C=O) groups is 2. The Balaban J connectivity index is 1.62. The summed E-state index contributed by atoms with van der Waals surface area (Å²) in [5.41, 5.74) is 2.31. The van der Waals surface area contributed by atoms with Crippen molar-refractivity contribution >= 4 is 23.4 Å². The predicted octanol–water partition coefficient (Wildman–Crippen LogP) is 3.15. The van der Waals surface area contributed by atoms with Crippen molar-refractivity contribution in [2.45, 2.75) is 6.54 Å². The predicted molar refractivity (Wildman–Crippen MR) is 106 cm³/mol. The third-order valence-corrected chi connectivity index (χ3v) is 4.10. The van der Waals surface area contributed by atoms with Crippen molar-refractivity contribution in [1.29, 1.82) is 0 Å². The number of carbonyl (C=O) groups excluding carboxylic acids is 2. The summed E-state index contributed by atoms with van der Waals surface area (Å²) < 4.78 is 4.65. The lowest BCUT2D eigenvalue weighted by Gasteiger charge is -2.17. The van der Waals surface area contributed by atoms with Gasteiger partial charge in [-0.15, -0.1) is 10.2 Å². The van der Waals surface area contributed by atoms with E-state index in [0.717, 1.165) is 5.56 Å². The van der Waals surface area contributed by atoms with Gasteiger partial charge < -0.3 is 15.0 Å². The van der Waals surface area contributed by atoms with Gasteiger partial charge in [-0.3, -0.25) is 4.79 Å². The molecule has 0 bridgehead atoms. The van der Waals surface area contributed by atoms with Gasteiger partial charge in [0.05, 0.1) is 12.7 Å². The number of anilines is 2. The lowest BCUT2D eigenvalue weighted by Crippen LogP contribution is -2.20. The number of rotatable bonds is 6. The molecule has 0 saturated heterocycles. The lowest BCUT2D eigenvalue weighted by atomic mass is 10.2. The van der Waals surface area contributed by atoms with E-state index in [-0.39, 0.29) is 11.6 Å². The monoisotopic (exact) mass is 376 g/mol. The molecule has 28 heavy (non-hydrogen) atoms. The number of hydrogen-bond acceptors (Lipinski definition) is 6.